The van der Waals surface area contributed by atoms with E-state index in [1.165, 1.54) is 25.0 Å². The molecule has 1 fully saturated rings. The number of anilines is 1. The fraction of sp³-hybridized carbons (Fsp3) is 0.556. The lowest BCUT2D eigenvalue weighted by Gasteiger charge is -2.47. The van der Waals surface area contributed by atoms with Crippen molar-refractivity contribution in [1.82, 2.24) is 0 Å². The SMILES string of the molecule is CC1CC2(CCCCCC2)N2C(=O)C(=O)c3cc(F)cc1c32. The van der Waals surface area contributed by atoms with Gasteiger partial charge in [0.1, 0.15) is 5.82 Å². The van der Waals surface area contributed by atoms with Crippen molar-refractivity contribution in [2.45, 2.75) is 63.3 Å². The van der Waals surface area contributed by atoms with Crippen LogP contribution in [0.1, 0.15) is 73.7 Å². The number of fused-ring (bicyclic) bond motifs is 1. The van der Waals surface area contributed by atoms with Crippen LogP contribution in [0, 0.1) is 5.82 Å². The molecule has 2 aliphatic heterocycles. The lowest BCUT2D eigenvalue weighted by Crippen LogP contribution is -2.54. The first-order chi connectivity index (χ1) is 10.5. The maximum atomic E-state index is 13.9. The van der Waals surface area contributed by atoms with Gasteiger partial charge in [0.15, 0.2) is 0 Å². The summed E-state index contributed by atoms with van der Waals surface area (Å²) in [6.07, 6.45) is 7.30. The summed E-state index contributed by atoms with van der Waals surface area (Å²) in [4.78, 5) is 26.8. The molecule has 3 aliphatic rings. The molecule has 1 aromatic rings. The smallest absolute Gasteiger partial charge is 0.298 e. The lowest BCUT2D eigenvalue weighted by molar-refractivity contribution is -0.115. The number of hydrogen-bond acceptors (Lipinski definition) is 2. The van der Waals surface area contributed by atoms with Crippen molar-refractivity contribution in [1.29, 1.82) is 0 Å². The first-order valence-electron chi connectivity index (χ1n) is 8.26. The Labute approximate surface area is 129 Å². The van der Waals surface area contributed by atoms with Gasteiger partial charge in [0.25, 0.3) is 11.7 Å². The summed E-state index contributed by atoms with van der Waals surface area (Å²) in [7, 11) is 0. The summed E-state index contributed by atoms with van der Waals surface area (Å²) < 4.78 is 13.9. The Morgan fingerprint density at radius 1 is 1.14 bits per heavy atom. The monoisotopic (exact) mass is 301 g/mol. The molecule has 22 heavy (non-hydrogen) atoms. The van der Waals surface area contributed by atoms with Crippen LogP contribution in [0.3, 0.4) is 0 Å². The number of amides is 1. The Hall–Kier alpha value is -1.71. The number of carbonyl (C=O) groups is 2. The summed E-state index contributed by atoms with van der Waals surface area (Å²) in [5.74, 6) is -1.22. The largest absolute Gasteiger partial charge is 0.300 e. The zero-order valence-electron chi connectivity index (χ0n) is 12.8. The molecule has 1 amide bonds. The van der Waals surface area contributed by atoms with Gasteiger partial charge in [0, 0.05) is 5.54 Å². The van der Waals surface area contributed by atoms with E-state index in [-0.39, 0.29) is 17.0 Å². The molecule has 116 valence electrons. The van der Waals surface area contributed by atoms with E-state index in [2.05, 4.69) is 6.92 Å². The summed E-state index contributed by atoms with van der Waals surface area (Å²) in [6, 6.07) is 2.74. The van der Waals surface area contributed by atoms with Crippen molar-refractivity contribution >= 4 is 17.4 Å². The molecule has 4 rings (SSSR count). The van der Waals surface area contributed by atoms with E-state index >= 15 is 0 Å². The molecule has 0 bridgehead atoms. The molecule has 0 saturated heterocycles. The number of hydrogen-bond donors (Lipinski definition) is 0. The van der Waals surface area contributed by atoms with Crippen LogP contribution >= 0.6 is 0 Å². The maximum Gasteiger partial charge on any atom is 0.300 e. The van der Waals surface area contributed by atoms with Crippen LogP contribution in [-0.2, 0) is 4.79 Å². The second-order valence-electron chi connectivity index (χ2n) is 7.10. The Kier molecular flexibility index (Phi) is 2.94. The van der Waals surface area contributed by atoms with E-state index < -0.39 is 17.5 Å². The average molecular weight is 301 g/mol. The topological polar surface area (TPSA) is 37.4 Å². The predicted octanol–water partition coefficient (Wildman–Crippen LogP) is 3.96. The minimum absolute atomic E-state index is 0.178. The van der Waals surface area contributed by atoms with Gasteiger partial charge < -0.3 is 0 Å². The fourth-order valence-corrected chi connectivity index (χ4v) is 4.78. The van der Waals surface area contributed by atoms with Crippen molar-refractivity contribution in [2.24, 2.45) is 0 Å². The number of ketones is 1. The van der Waals surface area contributed by atoms with Gasteiger partial charge in [-0.05, 0) is 42.9 Å². The highest BCUT2D eigenvalue weighted by atomic mass is 19.1. The Bertz CT molecular complexity index is 674. The summed E-state index contributed by atoms with van der Waals surface area (Å²) in [5, 5.41) is 0. The Balaban J connectivity index is 1.94. The molecular weight excluding hydrogens is 281 g/mol. The maximum absolute atomic E-state index is 13.9. The number of benzene rings is 1. The van der Waals surface area contributed by atoms with E-state index in [4.69, 9.17) is 0 Å². The highest BCUT2D eigenvalue weighted by Gasteiger charge is 2.53. The van der Waals surface area contributed by atoms with Gasteiger partial charge in [-0.1, -0.05) is 32.6 Å². The number of Topliss-reactive ketones (excluding diaryl/α,β-unsaturated/α-hetero) is 1. The zero-order valence-corrected chi connectivity index (χ0v) is 12.8. The van der Waals surface area contributed by atoms with Gasteiger partial charge in [0.05, 0.1) is 11.3 Å². The molecule has 1 spiro atoms. The number of halogens is 1. The number of nitrogens with zero attached hydrogens (tertiary/aromatic N) is 1. The fourth-order valence-electron chi connectivity index (χ4n) is 4.78. The Morgan fingerprint density at radius 2 is 1.82 bits per heavy atom. The van der Waals surface area contributed by atoms with Crippen LogP contribution in [0.15, 0.2) is 12.1 Å². The van der Waals surface area contributed by atoms with E-state index in [1.807, 2.05) is 0 Å². The van der Waals surface area contributed by atoms with Crippen molar-refractivity contribution in [3.63, 3.8) is 0 Å². The summed E-state index contributed by atoms with van der Waals surface area (Å²) in [5.41, 5.74) is 1.56. The molecule has 1 aliphatic carbocycles. The molecule has 2 heterocycles. The molecule has 0 radical (unpaired) electrons. The van der Waals surface area contributed by atoms with Gasteiger partial charge in [-0.3, -0.25) is 14.5 Å². The van der Waals surface area contributed by atoms with Crippen molar-refractivity contribution in [3.05, 3.63) is 29.1 Å². The highest BCUT2D eigenvalue weighted by Crippen LogP contribution is 2.52. The quantitative estimate of drug-likeness (QED) is 0.680. The standard InChI is InChI=1S/C18H20FNO2/c1-11-10-18(6-4-2-3-5-7-18)20-15-13(11)8-12(19)9-14(15)16(21)17(20)22/h8-9,11H,2-7,10H2,1H3. The van der Waals surface area contributed by atoms with Crippen molar-refractivity contribution in [3.8, 4) is 0 Å². The predicted molar refractivity (Wildman–Crippen MR) is 81.7 cm³/mol. The van der Waals surface area contributed by atoms with E-state index in [9.17, 15) is 14.0 Å². The molecule has 1 saturated carbocycles. The third kappa shape index (κ3) is 1.73. The number of carbonyl (C=O) groups excluding carboxylic acids is 2. The highest BCUT2D eigenvalue weighted by molar-refractivity contribution is 6.52. The van der Waals surface area contributed by atoms with Crippen LogP contribution in [0.25, 0.3) is 0 Å². The molecule has 1 unspecified atom stereocenters. The third-order valence-electron chi connectivity index (χ3n) is 5.70. The molecule has 3 nitrogen and oxygen atoms in total. The van der Waals surface area contributed by atoms with Gasteiger partial charge in [-0.15, -0.1) is 0 Å². The van der Waals surface area contributed by atoms with E-state index in [1.54, 1.807) is 4.90 Å². The van der Waals surface area contributed by atoms with Crippen LogP contribution in [0.2, 0.25) is 0 Å². The Morgan fingerprint density at radius 3 is 2.50 bits per heavy atom. The van der Waals surface area contributed by atoms with Crippen LogP contribution in [0.4, 0.5) is 10.1 Å². The zero-order chi connectivity index (χ0) is 15.5. The van der Waals surface area contributed by atoms with E-state index in [0.717, 1.165) is 37.7 Å². The molecular formula is C18H20FNO2. The second-order valence-corrected chi connectivity index (χ2v) is 7.10. The normalized spacial score (nSPS) is 26.3. The van der Waals surface area contributed by atoms with E-state index in [0.29, 0.717) is 5.69 Å². The molecule has 0 N–H and O–H groups in total. The van der Waals surface area contributed by atoms with Crippen molar-refractivity contribution in [2.75, 3.05) is 4.90 Å². The van der Waals surface area contributed by atoms with Crippen molar-refractivity contribution < 1.29 is 14.0 Å². The first kappa shape index (κ1) is 13.9. The molecule has 4 heteroatoms. The average Bonchev–Trinajstić information content (AvgIpc) is 2.67. The van der Waals surface area contributed by atoms with Gasteiger partial charge in [-0.2, -0.15) is 0 Å². The summed E-state index contributed by atoms with van der Waals surface area (Å²) in [6.45, 7) is 2.09. The molecule has 0 aromatic heterocycles. The number of rotatable bonds is 0. The van der Waals surface area contributed by atoms with Gasteiger partial charge >= 0.3 is 0 Å². The minimum Gasteiger partial charge on any atom is -0.298 e. The van der Waals surface area contributed by atoms with Gasteiger partial charge in [-0.25, -0.2) is 4.39 Å². The minimum atomic E-state index is -0.534. The third-order valence-corrected chi connectivity index (χ3v) is 5.70. The first-order valence-corrected chi connectivity index (χ1v) is 8.26. The summed E-state index contributed by atoms with van der Waals surface area (Å²) >= 11 is 0. The van der Waals surface area contributed by atoms with Crippen LogP contribution in [-0.4, -0.2) is 17.2 Å². The molecule has 1 atom stereocenters. The second kappa shape index (κ2) is 4.64. The van der Waals surface area contributed by atoms with Crippen LogP contribution < -0.4 is 4.90 Å². The van der Waals surface area contributed by atoms with Gasteiger partial charge in [0.2, 0.25) is 0 Å². The molecule has 1 aromatic carbocycles. The van der Waals surface area contributed by atoms with Crippen LogP contribution in [0.5, 0.6) is 0 Å². The lowest BCUT2D eigenvalue weighted by atomic mass is 9.74.